The highest BCUT2D eigenvalue weighted by Gasteiger charge is 2.24. The first-order valence-electron chi connectivity index (χ1n) is 8.95. The van der Waals surface area contributed by atoms with Crippen LogP contribution in [0.15, 0.2) is 35.1 Å². The third-order valence-corrected chi connectivity index (χ3v) is 5.75. The van der Waals surface area contributed by atoms with Crippen LogP contribution in [0.1, 0.15) is 36.4 Å². The van der Waals surface area contributed by atoms with Crippen molar-refractivity contribution in [2.24, 2.45) is 5.92 Å². The number of hydrogen-bond acceptors (Lipinski definition) is 5. The zero-order valence-corrected chi connectivity index (χ0v) is 15.7. The average Bonchev–Trinajstić information content (AvgIpc) is 3.04. The van der Waals surface area contributed by atoms with Gasteiger partial charge in [0.15, 0.2) is 0 Å². The number of nitrogens with zero attached hydrogens (tertiary/aromatic N) is 3. The minimum atomic E-state index is 0.251. The predicted octanol–water partition coefficient (Wildman–Crippen LogP) is 3.55. The van der Waals surface area contributed by atoms with Crippen LogP contribution in [0.5, 0.6) is 0 Å². The van der Waals surface area contributed by atoms with Crippen LogP contribution < -0.4 is 10.2 Å². The van der Waals surface area contributed by atoms with Crippen LogP contribution in [-0.2, 0) is 6.42 Å². The number of aryl methyl sites for hydroxylation is 1. The number of nitrogens with one attached hydrogen (secondary N) is 1. The number of fused-ring (bicyclic) bond motifs is 1. The molecule has 2 aliphatic rings. The number of piperidine rings is 1. The van der Waals surface area contributed by atoms with Gasteiger partial charge in [0.25, 0.3) is 0 Å². The Bertz CT molecular complexity index is 754. The second kappa shape index (κ2) is 7.30. The SMILES string of the molecule is OCC1CCCN(c2cc(NC3CCc4cc(Br)ccc43)ncn2)C1. The van der Waals surface area contributed by atoms with E-state index in [0.29, 0.717) is 12.0 Å². The zero-order chi connectivity index (χ0) is 17.2. The van der Waals surface area contributed by atoms with Crippen LogP contribution in [-0.4, -0.2) is 34.8 Å². The van der Waals surface area contributed by atoms with Crippen molar-refractivity contribution in [2.45, 2.75) is 31.7 Å². The summed E-state index contributed by atoms with van der Waals surface area (Å²) in [6.45, 7) is 2.11. The summed E-state index contributed by atoms with van der Waals surface area (Å²) in [5.41, 5.74) is 2.77. The Morgan fingerprint density at radius 1 is 1.24 bits per heavy atom. The van der Waals surface area contributed by atoms with Crippen LogP contribution in [0.3, 0.4) is 0 Å². The fourth-order valence-electron chi connectivity index (χ4n) is 3.94. The van der Waals surface area contributed by atoms with Gasteiger partial charge in [-0.15, -0.1) is 0 Å². The molecule has 1 aliphatic heterocycles. The van der Waals surface area contributed by atoms with Crippen LogP contribution in [0, 0.1) is 5.92 Å². The Morgan fingerprint density at radius 2 is 2.16 bits per heavy atom. The van der Waals surface area contributed by atoms with Gasteiger partial charge in [0.05, 0.1) is 6.04 Å². The van der Waals surface area contributed by atoms with E-state index < -0.39 is 0 Å². The maximum absolute atomic E-state index is 9.44. The van der Waals surface area contributed by atoms with Gasteiger partial charge in [-0.2, -0.15) is 0 Å². The average molecular weight is 403 g/mol. The first kappa shape index (κ1) is 16.8. The molecule has 5 nitrogen and oxygen atoms in total. The van der Waals surface area contributed by atoms with Gasteiger partial charge in [0.1, 0.15) is 18.0 Å². The molecular formula is C19H23BrN4O. The molecule has 0 radical (unpaired) electrons. The third kappa shape index (κ3) is 3.65. The van der Waals surface area contributed by atoms with E-state index in [1.54, 1.807) is 6.33 Å². The highest BCUT2D eigenvalue weighted by Crippen LogP contribution is 2.35. The third-order valence-electron chi connectivity index (χ3n) is 5.26. The molecule has 2 unspecified atom stereocenters. The number of hydrogen-bond donors (Lipinski definition) is 2. The van der Waals surface area contributed by atoms with Crippen LogP contribution in [0.2, 0.25) is 0 Å². The van der Waals surface area contributed by atoms with E-state index in [2.05, 4.69) is 54.3 Å². The molecule has 0 amide bonds. The maximum Gasteiger partial charge on any atom is 0.134 e. The summed E-state index contributed by atoms with van der Waals surface area (Å²) in [5, 5.41) is 13.0. The summed E-state index contributed by atoms with van der Waals surface area (Å²) >= 11 is 3.55. The molecule has 1 aliphatic carbocycles. The summed E-state index contributed by atoms with van der Waals surface area (Å²) in [7, 11) is 0. The van der Waals surface area contributed by atoms with Crippen molar-refractivity contribution in [1.82, 2.24) is 9.97 Å². The minimum Gasteiger partial charge on any atom is -0.396 e. The summed E-state index contributed by atoms with van der Waals surface area (Å²) in [5.74, 6) is 2.17. The number of benzene rings is 1. The zero-order valence-electron chi connectivity index (χ0n) is 14.2. The Kier molecular flexibility index (Phi) is 4.90. The molecule has 132 valence electrons. The molecule has 0 bridgehead atoms. The number of halogens is 1. The topological polar surface area (TPSA) is 61.3 Å². The number of aliphatic hydroxyl groups excluding tert-OH is 1. The summed E-state index contributed by atoms with van der Waals surface area (Å²) in [4.78, 5) is 11.1. The van der Waals surface area contributed by atoms with Crippen molar-refractivity contribution in [2.75, 3.05) is 29.9 Å². The van der Waals surface area contributed by atoms with Crippen molar-refractivity contribution in [3.63, 3.8) is 0 Å². The smallest absolute Gasteiger partial charge is 0.134 e. The standard InChI is InChI=1S/C19H23BrN4O/c20-15-4-5-16-14(8-15)3-6-17(16)23-18-9-19(22-12-21-18)24-7-1-2-13(10-24)11-25/h4-5,8-9,12-13,17,25H,1-3,6-7,10-11H2,(H,21,22,23). The number of anilines is 2. The number of aromatic nitrogens is 2. The summed E-state index contributed by atoms with van der Waals surface area (Å²) in [6.07, 6.45) is 6.01. The molecule has 1 fully saturated rings. The molecule has 0 spiro atoms. The van der Waals surface area contributed by atoms with E-state index in [9.17, 15) is 5.11 Å². The molecule has 2 atom stereocenters. The van der Waals surface area contributed by atoms with E-state index in [1.165, 1.54) is 11.1 Å². The summed E-state index contributed by atoms with van der Waals surface area (Å²) < 4.78 is 1.14. The van der Waals surface area contributed by atoms with E-state index in [4.69, 9.17) is 0 Å². The lowest BCUT2D eigenvalue weighted by Gasteiger charge is -2.32. The normalized spacial score (nSPS) is 22.7. The van der Waals surface area contributed by atoms with Crippen molar-refractivity contribution in [1.29, 1.82) is 0 Å². The Hall–Kier alpha value is -1.66. The molecule has 2 aromatic rings. The second-order valence-corrected chi connectivity index (χ2v) is 7.89. The van der Waals surface area contributed by atoms with Gasteiger partial charge in [-0.25, -0.2) is 9.97 Å². The molecule has 4 rings (SSSR count). The van der Waals surface area contributed by atoms with E-state index in [-0.39, 0.29) is 6.61 Å². The van der Waals surface area contributed by atoms with Crippen molar-refractivity contribution in [3.8, 4) is 0 Å². The van der Waals surface area contributed by atoms with Crippen LogP contribution >= 0.6 is 15.9 Å². The molecule has 1 saturated heterocycles. The molecule has 25 heavy (non-hydrogen) atoms. The highest BCUT2D eigenvalue weighted by atomic mass is 79.9. The lowest BCUT2D eigenvalue weighted by Crippen LogP contribution is -2.37. The first-order valence-corrected chi connectivity index (χ1v) is 9.75. The minimum absolute atomic E-state index is 0.251. The number of rotatable bonds is 4. The maximum atomic E-state index is 9.44. The molecule has 1 aromatic carbocycles. The predicted molar refractivity (Wildman–Crippen MR) is 103 cm³/mol. The van der Waals surface area contributed by atoms with Gasteiger partial charge in [0, 0.05) is 30.2 Å². The molecule has 2 N–H and O–H groups in total. The van der Waals surface area contributed by atoms with Gasteiger partial charge in [-0.05, 0) is 54.9 Å². The fourth-order valence-corrected chi connectivity index (χ4v) is 4.34. The molecule has 1 aromatic heterocycles. The molecular weight excluding hydrogens is 380 g/mol. The molecule has 0 saturated carbocycles. The van der Waals surface area contributed by atoms with Gasteiger partial charge in [-0.3, -0.25) is 0 Å². The van der Waals surface area contributed by atoms with Gasteiger partial charge in [-0.1, -0.05) is 22.0 Å². The van der Waals surface area contributed by atoms with E-state index >= 15 is 0 Å². The Morgan fingerprint density at radius 3 is 3.04 bits per heavy atom. The first-order chi connectivity index (χ1) is 12.2. The Balaban J connectivity index is 1.49. The monoisotopic (exact) mass is 402 g/mol. The van der Waals surface area contributed by atoms with Crippen molar-refractivity contribution < 1.29 is 5.11 Å². The second-order valence-electron chi connectivity index (χ2n) is 6.98. The van der Waals surface area contributed by atoms with Gasteiger partial charge >= 0.3 is 0 Å². The van der Waals surface area contributed by atoms with Crippen molar-refractivity contribution >= 4 is 27.6 Å². The van der Waals surface area contributed by atoms with Gasteiger partial charge < -0.3 is 15.3 Å². The lowest BCUT2D eigenvalue weighted by atomic mass is 9.99. The molecule has 2 heterocycles. The molecule has 6 heteroatoms. The lowest BCUT2D eigenvalue weighted by molar-refractivity contribution is 0.208. The van der Waals surface area contributed by atoms with Crippen molar-refractivity contribution in [3.05, 3.63) is 46.2 Å². The largest absolute Gasteiger partial charge is 0.396 e. The quantitative estimate of drug-likeness (QED) is 0.818. The highest BCUT2D eigenvalue weighted by molar-refractivity contribution is 9.10. The fraction of sp³-hybridized carbons (Fsp3) is 0.474. The number of aliphatic hydroxyl groups is 1. The van der Waals surface area contributed by atoms with Gasteiger partial charge in [0.2, 0.25) is 0 Å². The van der Waals surface area contributed by atoms with Crippen LogP contribution in [0.25, 0.3) is 0 Å². The Labute approximate surface area is 156 Å². The van der Waals surface area contributed by atoms with Crippen LogP contribution in [0.4, 0.5) is 11.6 Å². The van der Waals surface area contributed by atoms with E-state index in [0.717, 1.165) is 54.9 Å². The van der Waals surface area contributed by atoms with E-state index in [1.807, 2.05) is 6.07 Å². The summed E-state index contributed by atoms with van der Waals surface area (Å²) in [6, 6.07) is 8.86.